The van der Waals surface area contributed by atoms with Crippen LogP contribution in [0.4, 0.5) is 0 Å². The summed E-state index contributed by atoms with van der Waals surface area (Å²) in [5.41, 5.74) is 0. The third-order valence-corrected chi connectivity index (χ3v) is 7.43. The fourth-order valence-electron chi connectivity index (χ4n) is 2.00. The molecule has 0 aliphatic rings. The Balaban J connectivity index is 1.54. The summed E-state index contributed by atoms with van der Waals surface area (Å²) in [5, 5.41) is 9.63. The summed E-state index contributed by atoms with van der Waals surface area (Å²) >= 11 is 6.31. The summed E-state index contributed by atoms with van der Waals surface area (Å²) in [5.74, 6) is 1.25. The van der Waals surface area contributed by atoms with Gasteiger partial charge in [0.15, 0.2) is 9.84 Å². The van der Waals surface area contributed by atoms with Gasteiger partial charge in [0.25, 0.3) is 0 Å². The van der Waals surface area contributed by atoms with E-state index in [0.717, 1.165) is 10.3 Å². The quantitative estimate of drug-likeness (QED) is 0.562. The van der Waals surface area contributed by atoms with E-state index in [4.69, 9.17) is 0 Å². The van der Waals surface area contributed by atoms with Gasteiger partial charge in [-0.15, -0.1) is 16.4 Å². The van der Waals surface area contributed by atoms with Crippen LogP contribution in [0, 0.1) is 0 Å². The first-order chi connectivity index (χ1) is 11.5. The lowest BCUT2D eigenvalue weighted by atomic mass is 10.3. The number of benzene rings is 1. The zero-order valence-electron chi connectivity index (χ0n) is 12.5. The third kappa shape index (κ3) is 4.69. The largest absolute Gasteiger partial charge is 0.262 e. The molecule has 0 aliphatic heterocycles. The lowest BCUT2D eigenvalue weighted by Crippen LogP contribution is -2.08. The summed E-state index contributed by atoms with van der Waals surface area (Å²) in [6, 6.07) is 10.7. The van der Waals surface area contributed by atoms with Gasteiger partial charge in [-0.05, 0) is 35.7 Å². The summed E-state index contributed by atoms with van der Waals surface area (Å²) in [4.78, 5) is 5.93. The van der Waals surface area contributed by atoms with Crippen LogP contribution >= 0.6 is 39.0 Å². The molecule has 126 valence electrons. The number of halogens is 1. The molecule has 3 aromatic rings. The molecule has 1 N–H and O–H groups in total. The SMILES string of the molecule is O=S(=O)(CCSc1n[nH]c(Cc2cccs2)n1)c1ccc(Br)cc1. The number of rotatable bonds is 7. The lowest BCUT2D eigenvalue weighted by Gasteiger charge is -2.03. The smallest absolute Gasteiger partial charge is 0.208 e. The van der Waals surface area contributed by atoms with Gasteiger partial charge in [-0.2, -0.15) is 0 Å². The maximum absolute atomic E-state index is 12.3. The molecule has 0 spiro atoms. The van der Waals surface area contributed by atoms with Crippen LogP contribution in [0.15, 0.2) is 56.3 Å². The third-order valence-electron chi connectivity index (χ3n) is 3.19. The van der Waals surface area contributed by atoms with Gasteiger partial charge in [-0.3, -0.25) is 5.10 Å². The number of nitrogens with one attached hydrogen (secondary N) is 1. The highest BCUT2D eigenvalue weighted by molar-refractivity contribution is 9.10. The van der Waals surface area contributed by atoms with Gasteiger partial charge < -0.3 is 0 Å². The second-order valence-electron chi connectivity index (χ2n) is 4.94. The lowest BCUT2D eigenvalue weighted by molar-refractivity contribution is 0.597. The van der Waals surface area contributed by atoms with E-state index in [0.29, 0.717) is 22.2 Å². The topological polar surface area (TPSA) is 75.7 Å². The standard InChI is InChI=1S/C15H14BrN3O2S3/c16-11-3-5-13(6-4-11)24(20,21)9-8-23-15-17-14(18-19-15)10-12-2-1-7-22-12/h1-7H,8-10H2,(H,17,18,19). The zero-order chi connectivity index (χ0) is 17.0. The Kier molecular flexibility index (Phi) is 5.75. The van der Waals surface area contributed by atoms with E-state index in [1.807, 2.05) is 17.5 Å². The molecule has 0 fully saturated rings. The van der Waals surface area contributed by atoms with Gasteiger partial charge in [0.1, 0.15) is 5.82 Å². The van der Waals surface area contributed by atoms with E-state index in [2.05, 4.69) is 31.1 Å². The number of aromatic nitrogens is 3. The summed E-state index contributed by atoms with van der Waals surface area (Å²) in [7, 11) is -3.29. The van der Waals surface area contributed by atoms with Crippen molar-refractivity contribution in [2.75, 3.05) is 11.5 Å². The number of sulfone groups is 1. The number of hydrogen-bond acceptors (Lipinski definition) is 6. The molecule has 1 aromatic carbocycles. The fourth-order valence-corrected chi connectivity index (χ4v) is 5.44. The number of aromatic amines is 1. The molecule has 0 aliphatic carbocycles. The van der Waals surface area contributed by atoms with Gasteiger partial charge in [0.2, 0.25) is 5.16 Å². The van der Waals surface area contributed by atoms with Crippen LogP contribution in [0.25, 0.3) is 0 Å². The van der Waals surface area contributed by atoms with Crippen LogP contribution in [0.1, 0.15) is 10.7 Å². The molecule has 0 amide bonds. The van der Waals surface area contributed by atoms with Crippen molar-refractivity contribution in [3.63, 3.8) is 0 Å². The number of hydrogen-bond donors (Lipinski definition) is 1. The molecule has 0 saturated carbocycles. The van der Waals surface area contributed by atoms with Gasteiger partial charge in [-0.1, -0.05) is 33.8 Å². The van der Waals surface area contributed by atoms with Crippen molar-refractivity contribution >= 4 is 48.9 Å². The number of thioether (sulfide) groups is 1. The maximum Gasteiger partial charge on any atom is 0.208 e. The predicted octanol–water partition coefficient (Wildman–Crippen LogP) is 3.79. The van der Waals surface area contributed by atoms with Gasteiger partial charge in [0, 0.05) is 21.5 Å². The monoisotopic (exact) mass is 443 g/mol. The molecule has 2 heterocycles. The van der Waals surface area contributed by atoms with Crippen molar-refractivity contribution in [2.24, 2.45) is 0 Å². The molecule has 9 heteroatoms. The van der Waals surface area contributed by atoms with Crippen molar-refractivity contribution in [1.29, 1.82) is 0 Å². The van der Waals surface area contributed by atoms with Crippen LogP contribution < -0.4 is 0 Å². The Labute approximate surface area is 157 Å². The van der Waals surface area contributed by atoms with Crippen molar-refractivity contribution in [2.45, 2.75) is 16.5 Å². The minimum atomic E-state index is -3.29. The van der Waals surface area contributed by atoms with Crippen molar-refractivity contribution in [3.8, 4) is 0 Å². The van der Waals surface area contributed by atoms with E-state index >= 15 is 0 Å². The van der Waals surface area contributed by atoms with Crippen molar-refractivity contribution in [3.05, 3.63) is 57.0 Å². The summed E-state index contributed by atoms with van der Waals surface area (Å²) in [6.07, 6.45) is 0.711. The van der Waals surface area contributed by atoms with Crippen LogP contribution in [0.3, 0.4) is 0 Å². The second kappa shape index (κ2) is 7.81. The van der Waals surface area contributed by atoms with Crippen LogP contribution in [0.5, 0.6) is 0 Å². The Morgan fingerprint density at radius 1 is 1.21 bits per heavy atom. The average molecular weight is 444 g/mol. The highest BCUT2D eigenvalue weighted by Crippen LogP contribution is 2.20. The molecule has 5 nitrogen and oxygen atoms in total. The summed E-state index contributed by atoms with van der Waals surface area (Å²) < 4.78 is 25.4. The first-order valence-corrected chi connectivity index (χ1v) is 11.4. The first kappa shape index (κ1) is 17.7. The molecule has 24 heavy (non-hydrogen) atoms. The van der Waals surface area contributed by atoms with E-state index in [1.54, 1.807) is 35.6 Å². The highest BCUT2D eigenvalue weighted by Gasteiger charge is 2.15. The number of H-pyrrole nitrogens is 1. The molecular weight excluding hydrogens is 430 g/mol. The van der Waals surface area contributed by atoms with E-state index in [-0.39, 0.29) is 5.75 Å². The highest BCUT2D eigenvalue weighted by atomic mass is 79.9. The van der Waals surface area contributed by atoms with Crippen LogP contribution in [-0.2, 0) is 16.3 Å². The fraction of sp³-hybridized carbons (Fsp3) is 0.200. The number of nitrogens with zero attached hydrogens (tertiary/aromatic N) is 2. The van der Waals surface area contributed by atoms with Gasteiger partial charge in [-0.25, -0.2) is 13.4 Å². The molecule has 0 bridgehead atoms. The van der Waals surface area contributed by atoms with Crippen LogP contribution in [0.2, 0.25) is 0 Å². The van der Waals surface area contributed by atoms with Crippen molar-refractivity contribution in [1.82, 2.24) is 15.2 Å². The minimum absolute atomic E-state index is 0.0497. The molecule has 0 saturated heterocycles. The molecule has 3 rings (SSSR count). The molecule has 0 atom stereocenters. The van der Waals surface area contributed by atoms with E-state index in [9.17, 15) is 8.42 Å². The predicted molar refractivity (Wildman–Crippen MR) is 100 cm³/mol. The maximum atomic E-state index is 12.3. The van der Waals surface area contributed by atoms with Crippen LogP contribution in [-0.4, -0.2) is 35.1 Å². The first-order valence-electron chi connectivity index (χ1n) is 7.08. The minimum Gasteiger partial charge on any atom is -0.262 e. The van der Waals surface area contributed by atoms with Gasteiger partial charge in [0.05, 0.1) is 10.6 Å². The Morgan fingerprint density at radius 3 is 2.71 bits per heavy atom. The van der Waals surface area contributed by atoms with Crippen molar-refractivity contribution < 1.29 is 8.42 Å². The van der Waals surface area contributed by atoms with E-state index in [1.165, 1.54) is 16.6 Å². The Hall–Kier alpha value is -1.16. The average Bonchev–Trinajstić information content (AvgIpc) is 3.20. The normalized spacial score (nSPS) is 11.7. The van der Waals surface area contributed by atoms with E-state index < -0.39 is 9.84 Å². The Morgan fingerprint density at radius 2 is 2.00 bits per heavy atom. The summed E-state index contributed by atoms with van der Waals surface area (Å²) in [6.45, 7) is 0. The Bertz CT molecular complexity index is 890. The molecule has 0 unspecified atom stereocenters. The zero-order valence-corrected chi connectivity index (χ0v) is 16.5. The molecular formula is C15H14BrN3O2S3. The molecule has 0 radical (unpaired) electrons. The molecule has 2 aromatic heterocycles. The number of thiophene rings is 1. The second-order valence-corrected chi connectivity index (χ2v) is 10.1. The van der Waals surface area contributed by atoms with Gasteiger partial charge >= 0.3 is 0 Å².